The first-order valence-corrected chi connectivity index (χ1v) is 12.6. The molecule has 1 atom stereocenters. The topological polar surface area (TPSA) is 130 Å². The largest absolute Gasteiger partial charge is 0.357 e. The van der Waals surface area contributed by atoms with E-state index in [2.05, 4.69) is 5.32 Å². The molecule has 0 spiro atoms. The smallest absolute Gasteiger partial charge is 0.271 e. The Bertz CT molecular complexity index is 1190. The third-order valence-corrected chi connectivity index (χ3v) is 6.78. The monoisotopic (exact) mass is 510 g/mol. The lowest BCUT2D eigenvalue weighted by atomic mass is 10.1. The van der Waals surface area contributed by atoms with Crippen LogP contribution in [0.15, 0.2) is 42.5 Å². The van der Waals surface area contributed by atoms with Gasteiger partial charge in [-0.15, -0.1) is 0 Å². The SMILES string of the molecule is CC[C@@H](C(=O)NC)N(Cc1ccccc1Cl)C(=O)CN(c1cc([N+](=O)[O-])ccc1C)S(C)(=O)=O. The van der Waals surface area contributed by atoms with Crippen LogP contribution < -0.4 is 9.62 Å². The van der Waals surface area contributed by atoms with Gasteiger partial charge in [-0.2, -0.15) is 0 Å². The summed E-state index contributed by atoms with van der Waals surface area (Å²) in [5.74, 6) is -1.08. The summed E-state index contributed by atoms with van der Waals surface area (Å²) in [5, 5.41) is 14.2. The van der Waals surface area contributed by atoms with Crippen LogP contribution >= 0.6 is 11.6 Å². The first kappa shape index (κ1) is 27.1. The molecule has 0 radical (unpaired) electrons. The van der Waals surface area contributed by atoms with Crippen molar-refractivity contribution in [2.75, 3.05) is 24.2 Å². The summed E-state index contributed by atoms with van der Waals surface area (Å²) in [6.45, 7) is 2.63. The van der Waals surface area contributed by atoms with Crippen molar-refractivity contribution in [1.29, 1.82) is 0 Å². The maximum atomic E-state index is 13.5. The van der Waals surface area contributed by atoms with Crippen molar-refractivity contribution in [3.63, 3.8) is 0 Å². The summed E-state index contributed by atoms with van der Waals surface area (Å²) >= 11 is 6.27. The van der Waals surface area contributed by atoms with Crippen LogP contribution in [0.4, 0.5) is 11.4 Å². The van der Waals surface area contributed by atoms with Crippen molar-refractivity contribution in [3.8, 4) is 0 Å². The standard InChI is InChI=1S/C22H27ClN4O6S/c1-5-19(22(29)24-3)25(13-16-8-6-7-9-18(16)23)21(28)14-26(34(4,32)33)20-12-17(27(30)31)11-10-15(20)2/h6-12,19H,5,13-14H2,1-4H3,(H,24,29)/t19-/m0/s1. The third kappa shape index (κ3) is 6.45. The number of carbonyl (C=O) groups is 2. The molecule has 2 aromatic carbocycles. The molecule has 0 saturated carbocycles. The second-order valence-electron chi connectivity index (χ2n) is 7.65. The van der Waals surface area contributed by atoms with E-state index < -0.39 is 39.3 Å². The third-order valence-electron chi connectivity index (χ3n) is 5.28. The van der Waals surface area contributed by atoms with Crippen molar-refractivity contribution in [2.45, 2.75) is 32.9 Å². The molecule has 0 bridgehead atoms. The summed E-state index contributed by atoms with van der Waals surface area (Å²) < 4.78 is 26.1. The number of nitrogens with one attached hydrogen (secondary N) is 1. The second-order valence-corrected chi connectivity index (χ2v) is 9.96. The molecular weight excluding hydrogens is 484 g/mol. The maximum Gasteiger partial charge on any atom is 0.271 e. The zero-order valence-electron chi connectivity index (χ0n) is 19.3. The number of nitro benzene ring substituents is 1. The molecule has 0 fully saturated rings. The first-order chi connectivity index (χ1) is 15.9. The number of benzene rings is 2. The van der Waals surface area contributed by atoms with Crippen LogP contribution in [0.5, 0.6) is 0 Å². The lowest BCUT2D eigenvalue weighted by Crippen LogP contribution is -2.51. The molecule has 0 aliphatic rings. The van der Waals surface area contributed by atoms with Gasteiger partial charge < -0.3 is 10.2 Å². The molecule has 0 aromatic heterocycles. The molecule has 0 aliphatic carbocycles. The average Bonchev–Trinajstić information content (AvgIpc) is 2.77. The van der Waals surface area contributed by atoms with E-state index in [4.69, 9.17) is 11.6 Å². The molecule has 34 heavy (non-hydrogen) atoms. The molecule has 0 heterocycles. The van der Waals surface area contributed by atoms with Crippen molar-refractivity contribution in [1.82, 2.24) is 10.2 Å². The Kier molecular flexibility index (Phi) is 9.00. The lowest BCUT2D eigenvalue weighted by Gasteiger charge is -2.33. The van der Waals surface area contributed by atoms with Crippen molar-refractivity contribution < 1.29 is 22.9 Å². The molecule has 2 amide bonds. The van der Waals surface area contributed by atoms with Crippen LogP contribution in [0, 0.1) is 17.0 Å². The highest BCUT2D eigenvalue weighted by Gasteiger charge is 2.32. The van der Waals surface area contributed by atoms with Gasteiger partial charge in [-0.3, -0.25) is 24.0 Å². The number of sulfonamides is 1. The number of halogens is 1. The molecule has 12 heteroatoms. The van der Waals surface area contributed by atoms with E-state index in [-0.39, 0.29) is 24.3 Å². The normalized spacial score (nSPS) is 12.0. The van der Waals surface area contributed by atoms with Crippen LogP contribution in [0.2, 0.25) is 5.02 Å². The minimum atomic E-state index is -4.01. The van der Waals surface area contributed by atoms with Crippen LogP contribution in [-0.2, 0) is 26.2 Å². The van der Waals surface area contributed by atoms with Gasteiger partial charge in [0.15, 0.2) is 0 Å². The Morgan fingerprint density at radius 3 is 2.38 bits per heavy atom. The fraction of sp³-hybridized carbons (Fsp3) is 0.364. The van der Waals surface area contributed by atoms with Gasteiger partial charge in [0.1, 0.15) is 12.6 Å². The van der Waals surface area contributed by atoms with Gasteiger partial charge >= 0.3 is 0 Å². The minimum Gasteiger partial charge on any atom is -0.357 e. The fourth-order valence-corrected chi connectivity index (χ4v) is 4.57. The van der Waals surface area contributed by atoms with Gasteiger partial charge in [-0.25, -0.2) is 8.42 Å². The van der Waals surface area contributed by atoms with Gasteiger partial charge in [-0.1, -0.05) is 42.8 Å². The van der Waals surface area contributed by atoms with Gasteiger partial charge in [0.2, 0.25) is 21.8 Å². The molecule has 0 aliphatic heterocycles. The van der Waals surface area contributed by atoms with Crippen LogP contribution in [0.25, 0.3) is 0 Å². The van der Waals surface area contributed by atoms with Gasteiger partial charge in [-0.05, 0) is 30.5 Å². The van der Waals surface area contributed by atoms with E-state index in [9.17, 15) is 28.1 Å². The highest BCUT2D eigenvalue weighted by atomic mass is 35.5. The first-order valence-electron chi connectivity index (χ1n) is 10.4. The van der Waals surface area contributed by atoms with E-state index in [0.717, 1.165) is 16.6 Å². The number of hydrogen-bond donors (Lipinski definition) is 1. The summed E-state index contributed by atoms with van der Waals surface area (Å²) in [5.41, 5.74) is 0.708. The molecule has 0 unspecified atom stereocenters. The number of nitrogens with zero attached hydrogens (tertiary/aromatic N) is 3. The highest BCUT2D eigenvalue weighted by molar-refractivity contribution is 7.92. The van der Waals surface area contributed by atoms with Crippen LogP contribution in [0.3, 0.4) is 0 Å². The fourth-order valence-electron chi connectivity index (χ4n) is 3.47. The number of carbonyl (C=O) groups excluding carboxylic acids is 2. The Labute approximate surface area is 203 Å². The van der Waals surface area contributed by atoms with E-state index in [0.29, 0.717) is 16.1 Å². The van der Waals surface area contributed by atoms with Gasteiger partial charge in [0, 0.05) is 30.7 Å². The van der Waals surface area contributed by atoms with Gasteiger partial charge in [0.05, 0.1) is 16.9 Å². The molecule has 2 rings (SSSR count). The summed E-state index contributed by atoms with van der Waals surface area (Å²) in [7, 11) is -2.57. The molecule has 184 valence electrons. The highest BCUT2D eigenvalue weighted by Crippen LogP contribution is 2.28. The zero-order valence-corrected chi connectivity index (χ0v) is 20.9. The molecule has 0 saturated heterocycles. The second kappa shape index (κ2) is 11.3. The van der Waals surface area contributed by atoms with E-state index >= 15 is 0 Å². The maximum absolute atomic E-state index is 13.5. The predicted octanol–water partition coefficient (Wildman–Crippen LogP) is 2.88. The minimum absolute atomic E-state index is 0.00994. The number of rotatable bonds is 10. The van der Waals surface area contributed by atoms with Crippen LogP contribution in [-0.4, -0.2) is 55.9 Å². The Balaban J connectivity index is 2.53. The summed E-state index contributed by atoms with van der Waals surface area (Å²) in [6.07, 6.45) is 1.18. The quantitative estimate of drug-likeness (QED) is 0.386. The number of nitro groups is 1. The van der Waals surface area contributed by atoms with E-state index in [1.54, 1.807) is 38.1 Å². The predicted molar refractivity (Wildman–Crippen MR) is 130 cm³/mol. The number of aryl methyl sites for hydroxylation is 1. The molecular formula is C22H27ClN4O6S. The zero-order chi connectivity index (χ0) is 25.6. The number of amides is 2. The summed E-state index contributed by atoms with van der Waals surface area (Å²) in [4.78, 5) is 37.9. The Morgan fingerprint density at radius 1 is 1.21 bits per heavy atom. The Hall–Kier alpha value is -3.18. The lowest BCUT2D eigenvalue weighted by molar-refractivity contribution is -0.384. The molecule has 10 nitrogen and oxygen atoms in total. The van der Waals surface area contributed by atoms with Crippen molar-refractivity contribution in [2.24, 2.45) is 0 Å². The van der Waals surface area contributed by atoms with Crippen molar-refractivity contribution in [3.05, 3.63) is 68.7 Å². The number of hydrogen-bond acceptors (Lipinski definition) is 6. The average molecular weight is 511 g/mol. The molecule has 1 N–H and O–H groups in total. The summed E-state index contributed by atoms with van der Waals surface area (Å²) in [6, 6.07) is 9.71. The number of likely N-dealkylation sites (N-methyl/N-ethyl adjacent to an activating group) is 1. The Morgan fingerprint density at radius 2 is 1.85 bits per heavy atom. The van der Waals surface area contributed by atoms with Crippen LogP contribution in [0.1, 0.15) is 24.5 Å². The van der Waals surface area contributed by atoms with Gasteiger partial charge in [0.25, 0.3) is 5.69 Å². The van der Waals surface area contributed by atoms with E-state index in [1.807, 2.05) is 0 Å². The molecule has 2 aromatic rings. The van der Waals surface area contributed by atoms with E-state index in [1.165, 1.54) is 24.1 Å². The number of non-ortho nitro benzene ring substituents is 1. The van der Waals surface area contributed by atoms with Crippen molar-refractivity contribution >= 4 is 44.8 Å². The number of anilines is 1.